The fourth-order valence-corrected chi connectivity index (χ4v) is 3.94. The van der Waals surface area contributed by atoms with E-state index >= 15 is 0 Å². The summed E-state index contributed by atoms with van der Waals surface area (Å²) in [5.74, 6) is 0. The van der Waals surface area contributed by atoms with Gasteiger partial charge in [0.05, 0.1) is 0 Å². The van der Waals surface area contributed by atoms with Gasteiger partial charge in [0.2, 0.25) is 0 Å². The summed E-state index contributed by atoms with van der Waals surface area (Å²) in [7, 11) is 0. The molecule has 0 aromatic heterocycles. The molecule has 0 N–H and O–H groups in total. The van der Waals surface area contributed by atoms with Crippen LogP contribution in [-0.4, -0.2) is 0 Å². The number of aryl methyl sites for hydroxylation is 2. The average Bonchev–Trinajstić information content (AvgIpc) is 2.74. The normalized spacial score (nSPS) is 12.2. The highest BCUT2D eigenvalue weighted by Crippen LogP contribution is 2.37. The molecule has 0 nitrogen and oxygen atoms in total. The van der Waals surface area contributed by atoms with Gasteiger partial charge in [-0.05, 0) is 46.2 Å². The first-order chi connectivity index (χ1) is 13.3. The quantitative estimate of drug-likeness (QED) is 0.422. The number of hydrogen-bond donors (Lipinski definition) is 0. The molecule has 0 atom stereocenters. The Balaban J connectivity index is 1.97. The summed E-state index contributed by atoms with van der Waals surface area (Å²) in [6, 6.07) is 27.4. The van der Waals surface area contributed by atoms with Crippen LogP contribution in [0.2, 0.25) is 0 Å². The largest absolute Gasteiger partial charge is 0.0617 e. The Labute approximate surface area is 171 Å². The van der Waals surface area contributed by atoms with Crippen LogP contribution >= 0.6 is 0 Å². The molecule has 0 aliphatic heterocycles. The smallest absolute Gasteiger partial charge is 0.0146 e. The van der Waals surface area contributed by atoms with E-state index < -0.39 is 0 Å². The summed E-state index contributed by atoms with van der Waals surface area (Å²) in [6.45, 7) is 13.7. The summed E-state index contributed by atoms with van der Waals surface area (Å²) in [4.78, 5) is 0. The van der Waals surface area contributed by atoms with Crippen molar-refractivity contribution in [3.8, 4) is 0 Å². The minimum absolute atomic E-state index is 0.0234. The fraction of sp³-hybridized carbons (Fsp3) is 0.357. The molecule has 3 rings (SSSR count). The van der Waals surface area contributed by atoms with Crippen molar-refractivity contribution in [1.29, 1.82) is 0 Å². The van der Waals surface area contributed by atoms with E-state index in [0.29, 0.717) is 0 Å². The maximum Gasteiger partial charge on any atom is 0.0146 e. The summed E-state index contributed by atoms with van der Waals surface area (Å²) < 4.78 is 0. The second kappa shape index (κ2) is 7.95. The van der Waals surface area contributed by atoms with Crippen molar-refractivity contribution in [2.24, 2.45) is 0 Å². The topological polar surface area (TPSA) is 0 Å². The first-order valence-electron chi connectivity index (χ1n) is 10.6. The first kappa shape index (κ1) is 20.4. The standard InChI is InChI=1S/C28H34/c1-7-21-12-16-23(17-13-21)27(3,4)25-10-9-11-26(20-25)28(5,6)24-18-14-22(8-2)15-19-24/h9-20H,7-8H2,1-6H3. The molecule has 0 saturated carbocycles. The zero-order valence-corrected chi connectivity index (χ0v) is 18.3. The van der Waals surface area contributed by atoms with Crippen molar-refractivity contribution in [3.63, 3.8) is 0 Å². The Morgan fingerprint density at radius 1 is 0.500 bits per heavy atom. The summed E-state index contributed by atoms with van der Waals surface area (Å²) in [5, 5.41) is 0. The van der Waals surface area contributed by atoms with Crippen LogP contribution in [0, 0.1) is 0 Å². The van der Waals surface area contributed by atoms with E-state index in [-0.39, 0.29) is 10.8 Å². The molecule has 0 unspecified atom stereocenters. The van der Waals surface area contributed by atoms with Crippen LogP contribution in [0.3, 0.4) is 0 Å². The van der Waals surface area contributed by atoms with Gasteiger partial charge in [0.1, 0.15) is 0 Å². The highest BCUT2D eigenvalue weighted by molar-refractivity contribution is 5.45. The first-order valence-corrected chi connectivity index (χ1v) is 10.6. The summed E-state index contributed by atoms with van der Waals surface area (Å²) in [6.07, 6.45) is 2.17. The van der Waals surface area contributed by atoms with Crippen molar-refractivity contribution < 1.29 is 0 Å². The van der Waals surface area contributed by atoms with Gasteiger partial charge < -0.3 is 0 Å². The molecular formula is C28H34. The molecule has 0 heteroatoms. The van der Waals surface area contributed by atoms with Gasteiger partial charge >= 0.3 is 0 Å². The predicted molar refractivity (Wildman–Crippen MR) is 122 cm³/mol. The Morgan fingerprint density at radius 3 is 1.18 bits per heavy atom. The molecule has 3 aromatic rings. The van der Waals surface area contributed by atoms with E-state index in [4.69, 9.17) is 0 Å². The van der Waals surface area contributed by atoms with Crippen LogP contribution in [0.5, 0.6) is 0 Å². The maximum atomic E-state index is 2.40. The molecule has 0 fully saturated rings. The fourth-order valence-electron chi connectivity index (χ4n) is 3.94. The van der Waals surface area contributed by atoms with E-state index in [1.165, 1.54) is 33.4 Å². The molecule has 146 valence electrons. The lowest BCUT2D eigenvalue weighted by Gasteiger charge is -2.31. The molecule has 3 aromatic carbocycles. The van der Waals surface area contributed by atoms with Crippen LogP contribution < -0.4 is 0 Å². The molecule has 0 saturated heterocycles. The maximum absolute atomic E-state index is 2.40. The van der Waals surface area contributed by atoms with Gasteiger partial charge in [0.15, 0.2) is 0 Å². The molecule has 0 radical (unpaired) electrons. The van der Waals surface area contributed by atoms with Gasteiger partial charge in [-0.15, -0.1) is 0 Å². The van der Waals surface area contributed by atoms with Crippen LogP contribution in [0.25, 0.3) is 0 Å². The van der Waals surface area contributed by atoms with Gasteiger partial charge in [-0.25, -0.2) is 0 Å². The lowest BCUT2D eigenvalue weighted by Crippen LogP contribution is -2.23. The molecule has 0 heterocycles. The second-order valence-electron chi connectivity index (χ2n) is 8.93. The number of hydrogen-bond acceptors (Lipinski definition) is 0. The monoisotopic (exact) mass is 370 g/mol. The minimum Gasteiger partial charge on any atom is -0.0617 e. The third kappa shape index (κ3) is 3.92. The zero-order chi connectivity index (χ0) is 20.4. The van der Waals surface area contributed by atoms with Crippen molar-refractivity contribution in [1.82, 2.24) is 0 Å². The van der Waals surface area contributed by atoms with Gasteiger partial charge in [0, 0.05) is 10.8 Å². The Kier molecular flexibility index (Phi) is 5.79. The Hall–Kier alpha value is -2.34. The van der Waals surface area contributed by atoms with Gasteiger partial charge in [-0.1, -0.05) is 114 Å². The van der Waals surface area contributed by atoms with Gasteiger partial charge in [-0.2, -0.15) is 0 Å². The number of rotatable bonds is 6. The predicted octanol–water partition coefficient (Wildman–Crippen LogP) is 7.46. The van der Waals surface area contributed by atoms with E-state index in [1.54, 1.807) is 0 Å². The van der Waals surface area contributed by atoms with Crippen molar-refractivity contribution >= 4 is 0 Å². The van der Waals surface area contributed by atoms with Crippen molar-refractivity contribution in [3.05, 3.63) is 106 Å². The molecule has 0 aliphatic carbocycles. The molecular weight excluding hydrogens is 336 g/mol. The SMILES string of the molecule is CCc1ccc(C(C)(C)c2cccc(C(C)(C)c3ccc(CC)cc3)c2)cc1. The average molecular weight is 371 g/mol. The molecule has 28 heavy (non-hydrogen) atoms. The summed E-state index contributed by atoms with van der Waals surface area (Å²) >= 11 is 0. The molecule has 0 spiro atoms. The third-order valence-electron chi connectivity index (χ3n) is 6.47. The van der Waals surface area contributed by atoms with E-state index in [9.17, 15) is 0 Å². The van der Waals surface area contributed by atoms with Gasteiger partial charge in [-0.3, -0.25) is 0 Å². The lowest BCUT2D eigenvalue weighted by atomic mass is 9.73. The van der Waals surface area contributed by atoms with Crippen LogP contribution in [0.4, 0.5) is 0 Å². The van der Waals surface area contributed by atoms with Crippen LogP contribution in [0.15, 0.2) is 72.8 Å². The summed E-state index contributed by atoms with van der Waals surface area (Å²) in [5.41, 5.74) is 8.21. The van der Waals surface area contributed by atoms with Crippen molar-refractivity contribution in [2.45, 2.75) is 65.2 Å². The van der Waals surface area contributed by atoms with E-state index in [2.05, 4.69) is 114 Å². The van der Waals surface area contributed by atoms with E-state index in [1.807, 2.05) is 0 Å². The van der Waals surface area contributed by atoms with Gasteiger partial charge in [0.25, 0.3) is 0 Å². The third-order valence-corrected chi connectivity index (χ3v) is 6.47. The van der Waals surface area contributed by atoms with Crippen LogP contribution in [0.1, 0.15) is 74.9 Å². The highest BCUT2D eigenvalue weighted by Gasteiger charge is 2.27. The molecule has 0 bridgehead atoms. The lowest BCUT2D eigenvalue weighted by molar-refractivity contribution is 0.617. The number of benzene rings is 3. The Bertz CT molecular complexity index is 834. The van der Waals surface area contributed by atoms with E-state index in [0.717, 1.165) is 12.8 Å². The minimum atomic E-state index is -0.0234. The van der Waals surface area contributed by atoms with Crippen molar-refractivity contribution in [2.75, 3.05) is 0 Å². The zero-order valence-electron chi connectivity index (χ0n) is 18.3. The highest BCUT2D eigenvalue weighted by atomic mass is 14.3. The Morgan fingerprint density at radius 2 is 0.857 bits per heavy atom. The molecule has 0 aliphatic rings. The molecule has 0 amide bonds. The second-order valence-corrected chi connectivity index (χ2v) is 8.93. The van der Waals surface area contributed by atoms with Crippen LogP contribution in [-0.2, 0) is 23.7 Å².